The highest BCUT2D eigenvalue weighted by atomic mass is 16.1. The van der Waals surface area contributed by atoms with E-state index in [1.165, 1.54) is 0 Å². The van der Waals surface area contributed by atoms with Crippen LogP contribution in [0.3, 0.4) is 0 Å². The number of anilines is 2. The van der Waals surface area contributed by atoms with Gasteiger partial charge in [-0.05, 0) is 38.5 Å². The molecule has 0 unspecified atom stereocenters. The minimum absolute atomic E-state index is 0.0867. The number of hydrogen-bond acceptors (Lipinski definition) is 4. The quantitative estimate of drug-likeness (QED) is 0.879. The van der Waals surface area contributed by atoms with Gasteiger partial charge in [0, 0.05) is 37.2 Å². The van der Waals surface area contributed by atoms with Crippen LogP contribution in [0.5, 0.6) is 0 Å². The first-order chi connectivity index (χ1) is 9.79. The van der Waals surface area contributed by atoms with Crippen LogP contribution in [0.2, 0.25) is 0 Å². The van der Waals surface area contributed by atoms with Crippen LogP contribution in [-0.4, -0.2) is 16.6 Å². The van der Waals surface area contributed by atoms with E-state index in [-0.39, 0.29) is 11.1 Å². The van der Waals surface area contributed by atoms with E-state index in [1.54, 1.807) is 17.0 Å². The maximum absolute atomic E-state index is 12.5. The van der Waals surface area contributed by atoms with Crippen LogP contribution in [0.4, 0.5) is 11.5 Å². The molecule has 2 N–H and O–H groups in total. The predicted molar refractivity (Wildman–Crippen MR) is 86.5 cm³/mol. The number of hydrogen-bond donors (Lipinski definition) is 1. The third-order valence-electron chi connectivity index (χ3n) is 3.28. The van der Waals surface area contributed by atoms with Crippen LogP contribution in [0.25, 0.3) is 0 Å². The van der Waals surface area contributed by atoms with Gasteiger partial charge < -0.3 is 15.2 Å². The molecule has 1 aromatic heterocycles. The van der Waals surface area contributed by atoms with Crippen LogP contribution < -0.4 is 16.2 Å². The second kappa shape index (κ2) is 5.60. The zero-order valence-electron chi connectivity index (χ0n) is 13.0. The van der Waals surface area contributed by atoms with Gasteiger partial charge in [-0.25, -0.2) is 4.98 Å². The van der Waals surface area contributed by atoms with Gasteiger partial charge in [-0.3, -0.25) is 4.79 Å². The molecule has 2 rings (SSSR count). The van der Waals surface area contributed by atoms with Gasteiger partial charge in [0.25, 0.3) is 5.56 Å². The van der Waals surface area contributed by atoms with Gasteiger partial charge in [0.05, 0.1) is 0 Å². The molecule has 0 aliphatic heterocycles. The maximum Gasteiger partial charge on any atom is 0.293 e. The van der Waals surface area contributed by atoms with Crippen LogP contribution >= 0.6 is 0 Å². The first kappa shape index (κ1) is 15.1. The summed E-state index contributed by atoms with van der Waals surface area (Å²) in [5.74, 6) is 0.440. The molecule has 0 saturated heterocycles. The second-order valence-electron chi connectivity index (χ2n) is 6.20. The van der Waals surface area contributed by atoms with Gasteiger partial charge in [0.2, 0.25) is 0 Å². The highest BCUT2D eigenvalue weighted by Gasteiger charge is 2.18. The summed E-state index contributed by atoms with van der Waals surface area (Å²) < 4.78 is 1.70. The first-order valence-corrected chi connectivity index (χ1v) is 6.93. The average Bonchev–Trinajstić information content (AvgIpc) is 2.37. The fourth-order valence-electron chi connectivity index (χ4n) is 2.23. The van der Waals surface area contributed by atoms with Gasteiger partial charge >= 0.3 is 0 Å². The van der Waals surface area contributed by atoms with Gasteiger partial charge in [-0.2, -0.15) is 0 Å². The van der Waals surface area contributed by atoms with E-state index in [1.807, 2.05) is 57.0 Å². The third kappa shape index (κ3) is 3.42. The Morgan fingerprint density at radius 1 is 1.33 bits per heavy atom. The lowest BCUT2D eigenvalue weighted by molar-refractivity contribution is 0.382. The summed E-state index contributed by atoms with van der Waals surface area (Å²) in [6.07, 6.45) is 3.39. The van der Waals surface area contributed by atoms with Gasteiger partial charge in [0.1, 0.15) is 0 Å². The summed E-state index contributed by atoms with van der Waals surface area (Å²) >= 11 is 0. The number of nitrogen functional groups attached to an aromatic ring is 1. The summed E-state index contributed by atoms with van der Waals surface area (Å²) in [5.41, 5.74) is 7.19. The Balaban J connectivity index is 2.32. The predicted octanol–water partition coefficient (Wildman–Crippen LogP) is 2.22. The molecule has 0 spiro atoms. The monoisotopic (exact) mass is 286 g/mol. The largest absolute Gasteiger partial charge is 0.399 e. The SMILES string of the molecule is CN(Cc1cccc(N)c1)c1nccn(C(C)(C)C)c1=O. The number of rotatable bonds is 3. The molecule has 5 nitrogen and oxygen atoms in total. The fourth-order valence-corrected chi connectivity index (χ4v) is 2.23. The zero-order chi connectivity index (χ0) is 15.6. The number of nitrogens with zero attached hydrogens (tertiary/aromatic N) is 3. The van der Waals surface area contributed by atoms with Crippen molar-refractivity contribution in [3.05, 3.63) is 52.6 Å². The molecule has 1 aromatic carbocycles. The number of nitrogens with two attached hydrogens (primary N) is 1. The molecule has 0 fully saturated rings. The molecule has 5 heteroatoms. The molecule has 0 aliphatic carbocycles. The molecular weight excluding hydrogens is 264 g/mol. The Hall–Kier alpha value is -2.30. The van der Waals surface area contributed by atoms with E-state index in [4.69, 9.17) is 5.73 Å². The second-order valence-corrected chi connectivity index (χ2v) is 6.20. The van der Waals surface area contributed by atoms with Crippen molar-refractivity contribution in [3.8, 4) is 0 Å². The smallest absolute Gasteiger partial charge is 0.293 e. The summed E-state index contributed by atoms with van der Waals surface area (Å²) in [6.45, 7) is 6.57. The molecule has 0 bridgehead atoms. The Morgan fingerprint density at radius 2 is 2.05 bits per heavy atom. The standard InChI is InChI=1S/C16H22N4O/c1-16(2,3)20-9-8-18-14(15(20)21)19(4)11-12-6-5-7-13(17)10-12/h5-10H,11,17H2,1-4H3. The summed E-state index contributed by atoms with van der Waals surface area (Å²) in [7, 11) is 1.86. The minimum atomic E-state index is -0.271. The van der Waals surface area contributed by atoms with Gasteiger partial charge in [-0.15, -0.1) is 0 Å². The Kier molecular flexibility index (Phi) is 4.02. The minimum Gasteiger partial charge on any atom is -0.399 e. The molecule has 21 heavy (non-hydrogen) atoms. The average molecular weight is 286 g/mol. The molecule has 0 aliphatic rings. The topological polar surface area (TPSA) is 64.2 Å². The van der Waals surface area contributed by atoms with E-state index < -0.39 is 0 Å². The molecule has 0 amide bonds. The summed E-state index contributed by atoms with van der Waals surface area (Å²) in [4.78, 5) is 18.6. The van der Waals surface area contributed by atoms with Gasteiger partial charge in [0.15, 0.2) is 5.82 Å². The lowest BCUT2D eigenvalue weighted by Gasteiger charge is -2.25. The van der Waals surface area contributed by atoms with Crippen molar-refractivity contribution < 1.29 is 0 Å². The lowest BCUT2D eigenvalue weighted by atomic mass is 10.1. The summed E-state index contributed by atoms with van der Waals surface area (Å²) in [5, 5.41) is 0. The first-order valence-electron chi connectivity index (χ1n) is 6.93. The summed E-state index contributed by atoms with van der Waals surface area (Å²) in [6, 6.07) is 7.64. The van der Waals surface area contributed by atoms with Crippen molar-refractivity contribution in [1.29, 1.82) is 0 Å². The zero-order valence-corrected chi connectivity index (χ0v) is 13.0. The van der Waals surface area contributed by atoms with Crippen LogP contribution in [0.1, 0.15) is 26.3 Å². The van der Waals surface area contributed by atoms with Crippen LogP contribution in [0, 0.1) is 0 Å². The molecule has 0 atom stereocenters. The van der Waals surface area contributed by atoms with E-state index in [2.05, 4.69) is 4.98 Å². The van der Waals surface area contributed by atoms with Crippen LogP contribution in [-0.2, 0) is 12.1 Å². The molecule has 2 aromatic rings. The molecular formula is C16H22N4O. The maximum atomic E-state index is 12.5. The van der Waals surface area contributed by atoms with E-state index in [9.17, 15) is 4.79 Å². The van der Waals surface area contributed by atoms with Crippen molar-refractivity contribution in [2.24, 2.45) is 0 Å². The van der Waals surface area contributed by atoms with E-state index in [0.29, 0.717) is 18.1 Å². The van der Waals surface area contributed by atoms with Crippen molar-refractivity contribution in [2.45, 2.75) is 32.9 Å². The van der Waals surface area contributed by atoms with Gasteiger partial charge in [-0.1, -0.05) is 12.1 Å². The molecule has 0 saturated carbocycles. The Labute approximate surface area is 125 Å². The lowest BCUT2D eigenvalue weighted by Crippen LogP contribution is -2.37. The normalized spacial score (nSPS) is 11.4. The Morgan fingerprint density at radius 3 is 2.67 bits per heavy atom. The van der Waals surface area contributed by atoms with Crippen molar-refractivity contribution in [3.63, 3.8) is 0 Å². The van der Waals surface area contributed by atoms with Crippen molar-refractivity contribution in [2.75, 3.05) is 17.7 Å². The number of aromatic nitrogens is 2. The van der Waals surface area contributed by atoms with E-state index >= 15 is 0 Å². The Bertz CT molecular complexity index is 685. The molecule has 0 radical (unpaired) electrons. The van der Waals surface area contributed by atoms with E-state index in [0.717, 1.165) is 5.56 Å². The fraction of sp³-hybridized carbons (Fsp3) is 0.375. The molecule has 1 heterocycles. The molecule has 112 valence electrons. The highest BCUT2D eigenvalue weighted by molar-refractivity contribution is 5.43. The third-order valence-corrected chi connectivity index (χ3v) is 3.28. The van der Waals surface area contributed by atoms with Crippen molar-refractivity contribution in [1.82, 2.24) is 9.55 Å². The highest BCUT2D eigenvalue weighted by Crippen LogP contribution is 2.14. The van der Waals surface area contributed by atoms with Crippen LogP contribution in [0.15, 0.2) is 41.5 Å². The van der Waals surface area contributed by atoms with Crippen molar-refractivity contribution >= 4 is 11.5 Å². The number of benzene rings is 1.